The third kappa shape index (κ3) is 1.96. The normalized spacial score (nSPS) is 9.90. The molecule has 0 radical (unpaired) electrons. The van der Waals surface area contributed by atoms with Gasteiger partial charge in [0.2, 0.25) is 0 Å². The van der Waals surface area contributed by atoms with Crippen LogP contribution in [0.15, 0.2) is 16.7 Å². The molecule has 1 heterocycles. The van der Waals surface area contributed by atoms with Crippen LogP contribution < -0.4 is 0 Å². The largest absolute Gasteiger partial charge is 0.245 e. The van der Waals surface area contributed by atoms with Gasteiger partial charge >= 0.3 is 0 Å². The van der Waals surface area contributed by atoms with Gasteiger partial charge in [-0.15, -0.1) is 11.6 Å². The van der Waals surface area contributed by atoms with Crippen molar-refractivity contribution in [2.75, 3.05) is 0 Å². The molecule has 1 nitrogen and oxygen atoms in total. The van der Waals surface area contributed by atoms with E-state index in [1.165, 1.54) is 5.56 Å². The Labute approximate surface area is 73.6 Å². The van der Waals surface area contributed by atoms with Gasteiger partial charge in [-0.2, -0.15) is 0 Å². The molecule has 0 aliphatic heterocycles. The Hall–Kier alpha value is -0.0800. The Morgan fingerprint density at radius 3 is 2.80 bits per heavy atom. The van der Waals surface area contributed by atoms with E-state index in [-0.39, 0.29) is 0 Å². The van der Waals surface area contributed by atoms with Crippen LogP contribution in [0.2, 0.25) is 0 Å². The first-order chi connectivity index (χ1) is 4.72. The van der Waals surface area contributed by atoms with E-state index < -0.39 is 0 Å². The number of hydrogen-bond acceptors (Lipinski definition) is 1. The minimum atomic E-state index is 0.473. The number of halogens is 2. The van der Waals surface area contributed by atoms with Crippen molar-refractivity contribution >= 4 is 27.5 Å². The average Bonchev–Trinajstić information content (AvgIpc) is 1.85. The van der Waals surface area contributed by atoms with Crippen LogP contribution in [0.5, 0.6) is 0 Å². The summed E-state index contributed by atoms with van der Waals surface area (Å²) in [4.78, 5) is 4.14. The minimum Gasteiger partial charge on any atom is -0.245 e. The first-order valence-electron chi connectivity index (χ1n) is 2.91. The van der Waals surface area contributed by atoms with Crippen molar-refractivity contribution < 1.29 is 0 Å². The van der Waals surface area contributed by atoms with Crippen molar-refractivity contribution in [1.82, 2.24) is 4.98 Å². The molecule has 0 unspecified atom stereocenters. The van der Waals surface area contributed by atoms with Gasteiger partial charge < -0.3 is 0 Å². The van der Waals surface area contributed by atoms with E-state index in [1.54, 1.807) is 0 Å². The molecule has 0 N–H and O–H groups in total. The van der Waals surface area contributed by atoms with Crippen LogP contribution in [0.25, 0.3) is 0 Å². The van der Waals surface area contributed by atoms with Crippen molar-refractivity contribution in [2.24, 2.45) is 0 Å². The zero-order valence-electron chi connectivity index (χ0n) is 5.56. The maximum Gasteiger partial charge on any atom is 0.106 e. The van der Waals surface area contributed by atoms with Crippen LogP contribution in [0.1, 0.15) is 11.3 Å². The fourth-order valence-corrected chi connectivity index (χ4v) is 1.49. The van der Waals surface area contributed by atoms with Crippen molar-refractivity contribution in [3.63, 3.8) is 0 Å². The Morgan fingerprint density at radius 2 is 2.30 bits per heavy atom. The van der Waals surface area contributed by atoms with Gasteiger partial charge in [-0.1, -0.05) is 0 Å². The fraction of sp³-hybridized carbons (Fsp3) is 0.286. The number of hydrogen-bond donors (Lipinski definition) is 0. The molecule has 1 rings (SSSR count). The highest BCUT2D eigenvalue weighted by molar-refractivity contribution is 9.10. The Bertz CT molecular complexity index is 217. The van der Waals surface area contributed by atoms with Crippen LogP contribution in [0.4, 0.5) is 0 Å². The van der Waals surface area contributed by atoms with Crippen LogP contribution in [0.3, 0.4) is 0 Å². The highest BCUT2D eigenvalue weighted by atomic mass is 79.9. The monoisotopic (exact) mass is 219 g/mol. The molecule has 0 saturated heterocycles. The summed E-state index contributed by atoms with van der Waals surface area (Å²) in [5.41, 5.74) is 2.09. The van der Waals surface area contributed by atoms with Crippen molar-refractivity contribution in [3.8, 4) is 0 Å². The summed E-state index contributed by atoms with van der Waals surface area (Å²) in [6, 6.07) is 3.92. The molecule has 10 heavy (non-hydrogen) atoms. The summed E-state index contributed by atoms with van der Waals surface area (Å²) in [5, 5.41) is 0. The first-order valence-corrected chi connectivity index (χ1v) is 4.24. The van der Waals surface area contributed by atoms with Crippen molar-refractivity contribution in [3.05, 3.63) is 28.0 Å². The Balaban J connectivity index is 3.06. The third-order valence-electron chi connectivity index (χ3n) is 1.13. The molecule has 3 heteroatoms. The van der Waals surface area contributed by atoms with Crippen LogP contribution >= 0.6 is 27.5 Å². The smallest absolute Gasteiger partial charge is 0.106 e. The van der Waals surface area contributed by atoms with Gasteiger partial charge in [-0.3, -0.25) is 0 Å². The van der Waals surface area contributed by atoms with Gasteiger partial charge in [0, 0.05) is 0 Å². The molecule has 0 aliphatic carbocycles. The van der Waals surface area contributed by atoms with Gasteiger partial charge in [0.25, 0.3) is 0 Å². The highest BCUT2D eigenvalue weighted by Gasteiger charge is 1.94. The maximum absolute atomic E-state index is 5.59. The molecule has 1 aromatic heterocycles. The topological polar surface area (TPSA) is 12.9 Å². The van der Waals surface area contributed by atoms with Crippen LogP contribution in [0, 0.1) is 6.92 Å². The second-order valence-electron chi connectivity index (χ2n) is 2.09. The molecule has 54 valence electrons. The summed E-state index contributed by atoms with van der Waals surface area (Å²) in [6.45, 7) is 2.02. The number of rotatable bonds is 1. The molecular formula is C7H7BrClN. The number of aryl methyl sites for hydroxylation is 1. The molecule has 0 saturated carbocycles. The lowest BCUT2D eigenvalue weighted by Crippen LogP contribution is -1.86. The standard InChI is InChI=1S/C7H7BrClN/c1-5-2-6(4-9)10-7(8)3-5/h2-3H,4H2,1H3. The molecular weight excluding hydrogens is 213 g/mol. The van der Waals surface area contributed by atoms with E-state index in [0.717, 1.165) is 10.3 Å². The summed E-state index contributed by atoms with van der Waals surface area (Å²) < 4.78 is 0.850. The lowest BCUT2D eigenvalue weighted by atomic mass is 10.3. The highest BCUT2D eigenvalue weighted by Crippen LogP contribution is 2.11. The van der Waals surface area contributed by atoms with Crippen molar-refractivity contribution in [2.45, 2.75) is 12.8 Å². The minimum absolute atomic E-state index is 0.473. The quantitative estimate of drug-likeness (QED) is 0.524. The predicted octanol–water partition coefficient (Wildman–Crippen LogP) is 2.89. The molecule has 0 aliphatic rings. The van der Waals surface area contributed by atoms with Gasteiger partial charge in [-0.05, 0) is 40.5 Å². The van der Waals surface area contributed by atoms with Gasteiger partial charge in [0.1, 0.15) is 4.60 Å². The summed E-state index contributed by atoms with van der Waals surface area (Å²) in [5.74, 6) is 0.473. The second kappa shape index (κ2) is 3.35. The average molecular weight is 220 g/mol. The molecule has 0 aromatic carbocycles. The van der Waals surface area contributed by atoms with Gasteiger partial charge in [0.15, 0.2) is 0 Å². The van der Waals surface area contributed by atoms with Crippen LogP contribution in [-0.2, 0) is 5.88 Å². The zero-order chi connectivity index (χ0) is 7.56. The van der Waals surface area contributed by atoms with E-state index in [1.807, 2.05) is 19.1 Å². The van der Waals surface area contributed by atoms with Crippen molar-refractivity contribution in [1.29, 1.82) is 0 Å². The van der Waals surface area contributed by atoms with Crippen LogP contribution in [-0.4, -0.2) is 4.98 Å². The zero-order valence-corrected chi connectivity index (χ0v) is 7.91. The molecule has 1 aromatic rings. The lowest BCUT2D eigenvalue weighted by Gasteiger charge is -1.97. The molecule has 0 bridgehead atoms. The summed E-state index contributed by atoms with van der Waals surface area (Å²) in [7, 11) is 0. The Kier molecular flexibility index (Phi) is 2.69. The Morgan fingerprint density at radius 1 is 1.60 bits per heavy atom. The van der Waals surface area contributed by atoms with Gasteiger partial charge in [-0.25, -0.2) is 4.98 Å². The molecule has 0 atom stereocenters. The lowest BCUT2D eigenvalue weighted by molar-refractivity contribution is 1.12. The van der Waals surface area contributed by atoms with E-state index >= 15 is 0 Å². The number of alkyl halides is 1. The molecule has 0 fully saturated rings. The van der Waals surface area contributed by atoms with E-state index in [2.05, 4.69) is 20.9 Å². The molecule has 0 amide bonds. The molecule has 0 spiro atoms. The number of aromatic nitrogens is 1. The van der Waals surface area contributed by atoms with E-state index in [9.17, 15) is 0 Å². The second-order valence-corrected chi connectivity index (χ2v) is 3.17. The fourth-order valence-electron chi connectivity index (χ4n) is 0.763. The van der Waals surface area contributed by atoms with Gasteiger partial charge in [0.05, 0.1) is 11.6 Å². The third-order valence-corrected chi connectivity index (χ3v) is 1.81. The maximum atomic E-state index is 5.59. The summed E-state index contributed by atoms with van der Waals surface area (Å²) in [6.07, 6.45) is 0. The SMILES string of the molecule is Cc1cc(Br)nc(CCl)c1. The predicted molar refractivity (Wildman–Crippen MR) is 46.2 cm³/mol. The number of pyridine rings is 1. The summed E-state index contributed by atoms with van der Waals surface area (Å²) >= 11 is 8.87. The van der Waals surface area contributed by atoms with E-state index in [4.69, 9.17) is 11.6 Å². The number of nitrogens with zero attached hydrogens (tertiary/aromatic N) is 1. The first kappa shape index (κ1) is 8.02. The van der Waals surface area contributed by atoms with E-state index in [0.29, 0.717) is 5.88 Å².